The summed E-state index contributed by atoms with van der Waals surface area (Å²) in [6, 6.07) is 4.35. The van der Waals surface area contributed by atoms with Gasteiger partial charge < -0.3 is 4.57 Å². The Morgan fingerprint density at radius 3 is 2.57 bits per heavy atom. The van der Waals surface area contributed by atoms with Crippen molar-refractivity contribution < 1.29 is 18.5 Å². The van der Waals surface area contributed by atoms with Crippen LogP contribution in [0.4, 0.5) is 14.5 Å². The van der Waals surface area contributed by atoms with Crippen LogP contribution in [0.25, 0.3) is 0 Å². The second-order valence-electron chi connectivity index (χ2n) is 4.16. The first kappa shape index (κ1) is 14.5. The first-order chi connectivity index (χ1) is 9.88. The van der Waals surface area contributed by atoms with Crippen LogP contribution < -0.4 is 5.56 Å². The van der Waals surface area contributed by atoms with Crippen molar-refractivity contribution in [3.05, 3.63) is 74.2 Å². The highest BCUT2D eigenvalue weighted by Gasteiger charge is 2.15. The van der Waals surface area contributed by atoms with Gasteiger partial charge >= 0.3 is 0 Å². The molecule has 0 saturated heterocycles. The van der Waals surface area contributed by atoms with E-state index in [-0.39, 0.29) is 5.69 Å². The molecule has 0 amide bonds. The van der Waals surface area contributed by atoms with E-state index in [4.69, 9.17) is 0 Å². The van der Waals surface area contributed by atoms with Gasteiger partial charge in [0.25, 0.3) is 11.2 Å². The highest BCUT2D eigenvalue weighted by atomic mass is 19.1. The molecule has 0 aliphatic rings. The second kappa shape index (κ2) is 5.61. The van der Waals surface area contributed by atoms with Gasteiger partial charge in [-0.05, 0) is 12.1 Å². The van der Waals surface area contributed by atoms with E-state index in [0.29, 0.717) is 6.07 Å². The molecule has 1 aromatic carbocycles. The minimum atomic E-state index is -1.06. The van der Waals surface area contributed by atoms with Gasteiger partial charge in [-0.1, -0.05) is 0 Å². The summed E-state index contributed by atoms with van der Waals surface area (Å²) in [5, 5.41) is 10.6. The Morgan fingerprint density at radius 2 is 1.95 bits per heavy atom. The maximum atomic E-state index is 13.5. The summed E-state index contributed by atoms with van der Waals surface area (Å²) in [7, 11) is 0. The molecule has 0 aliphatic heterocycles. The molecule has 21 heavy (non-hydrogen) atoms. The molecule has 1 heterocycles. The van der Waals surface area contributed by atoms with Crippen molar-refractivity contribution in [1.82, 2.24) is 4.57 Å². The molecule has 8 heteroatoms. The number of pyridine rings is 1. The summed E-state index contributed by atoms with van der Waals surface area (Å²) >= 11 is 0. The fourth-order valence-electron chi connectivity index (χ4n) is 1.71. The van der Waals surface area contributed by atoms with E-state index < -0.39 is 40.0 Å². The summed E-state index contributed by atoms with van der Waals surface area (Å²) in [6.45, 7) is -0.580. The Hall–Kier alpha value is -2.90. The topological polar surface area (TPSA) is 82.2 Å². The number of nitrogens with zero attached hydrogens (tertiary/aromatic N) is 2. The largest absolute Gasteiger partial charge is 0.301 e. The van der Waals surface area contributed by atoms with Crippen LogP contribution in [0.1, 0.15) is 10.4 Å². The van der Waals surface area contributed by atoms with E-state index in [0.717, 1.165) is 35.0 Å². The third-order valence-electron chi connectivity index (χ3n) is 2.72. The molecule has 0 fully saturated rings. The van der Waals surface area contributed by atoms with E-state index in [1.54, 1.807) is 0 Å². The average molecular weight is 294 g/mol. The third-order valence-corrected chi connectivity index (χ3v) is 2.72. The molecule has 0 spiro atoms. The van der Waals surface area contributed by atoms with Gasteiger partial charge in [-0.15, -0.1) is 0 Å². The number of ketones is 1. The lowest BCUT2D eigenvalue weighted by molar-refractivity contribution is -0.385. The van der Waals surface area contributed by atoms with Gasteiger partial charge in [-0.3, -0.25) is 19.7 Å². The van der Waals surface area contributed by atoms with Crippen LogP contribution >= 0.6 is 0 Å². The summed E-state index contributed by atoms with van der Waals surface area (Å²) in [5.74, 6) is -2.69. The lowest BCUT2D eigenvalue weighted by Crippen LogP contribution is -2.23. The zero-order valence-electron chi connectivity index (χ0n) is 10.5. The van der Waals surface area contributed by atoms with E-state index >= 15 is 0 Å². The maximum Gasteiger partial charge on any atom is 0.285 e. The average Bonchev–Trinajstić information content (AvgIpc) is 2.40. The quantitative estimate of drug-likeness (QED) is 0.490. The smallest absolute Gasteiger partial charge is 0.285 e. The standard InChI is InChI=1S/C13H8F2N2O4/c14-8-1-3-10(11(15)5-8)12(18)7-16-6-9(17(20)21)2-4-13(16)19/h1-6H,7H2. The maximum absolute atomic E-state index is 13.5. The summed E-state index contributed by atoms with van der Waals surface area (Å²) < 4.78 is 27.0. The zero-order valence-corrected chi connectivity index (χ0v) is 10.5. The van der Waals surface area contributed by atoms with Crippen molar-refractivity contribution in [3.8, 4) is 0 Å². The highest BCUT2D eigenvalue weighted by molar-refractivity contribution is 5.96. The van der Waals surface area contributed by atoms with Gasteiger partial charge in [-0.2, -0.15) is 0 Å². The molecular formula is C13H8F2N2O4. The van der Waals surface area contributed by atoms with Gasteiger partial charge in [0.2, 0.25) is 0 Å². The molecule has 2 aromatic rings. The van der Waals surface area contributed by atoms with Gasteiger partial charge in [0, 0.05) is 18.2 Å². The van der Waals surface area contributed by atoms with Crippen molar-refractivity contribution in [1.29, 1.82) is 0 Å². The Morgan fingerprint density at radius 1 is 1.24 bits per heavy atom. The van der Waals surface area contributed by atoms with E-state index in [1.165, 1.54) is 0 Å². The third kappa shape index (κ3) is 3.16. The highest BCUT2D eigenvalue weighted by Crippen LogP contribution is 2.12. The van der Waals surface area contributed by atoms with Crippen LogP contribution in [-0.2, 0) is 6.54 Å². The number of hydrogen-bond donors (Lipinski definition) is 0. The number of nitro groups is 1. The van der Waals surface area contributed by atoms with Gasteiger partial charge in [0.15, 0.2) is 5.78 Å². The van der Waals surface area contributed by atoms with E-state index in [2.05, 4.69) is 0 Å². The zero-order chi connectivity index (χ0) is 15.6. The predicted octanol–water partition coefficient (Wildman–Crippen LogP) is 1.92. The lowest BCUT2D eigenvalue weighted by atomic mass is 10.1. The van der Waals surface area contributed by atoms with E-state index in [9.17, 15) is 28.5 Å². The number of halogens is 2. The van der Waals surface area contributed by atoms with Crippen LogP contribution in [0, 0.1) is 21.7 Å². The molecule has 2 rings (SSSR count). The Bertz CT molecular complexity index is 786. The molecule has 0 saturated carbocycles. The van der Waals surface area contributed by atoms with Crippen molar-refractivity contribution in [3.63, 3.8) is 0 Å². The lowest BCUT2D eigenvalue weighted by Gasteiger charge is -2.05. The van der Waals surface area contributed by atoms with E-state index in [1.807, 2.05) is 0 Å². The Kier molecular flexibility index (Phi) is 3.88. The Labute approximate surface area is 116 Å². The van der Waals surface area contributed by atoms with Crippen molar-refractivity contribution in [2.24, 2.45) is 0 Å². The molecule has 1 aromatic heterocycles. The molecule has 0 N–H and O–H groups in total. The first-order valence-corrected chi connectivity index (χ1v) is 5.71. The summed E-state index contributed by atoms with van der Waals surface area (Å²) in [6.07, 6.45) is 0.891. The predicted molar refractivity (Wildman–Crippen MR) is 68.0 cm³/mol. The van der Waals surface area contributed by atoms with Crippen molar-refractivity contribution in [2.45, 2.75) is 6.54 Å². The summed E-state index contributed by atoms with van der Waals surface area (Å²) in [4.78, 5) is 33.3. The molecule has 0 bridgehead atoms. The fraction of sp³-hybridized carbons (Fsp3) is 0.0769. The first-order valence-electron chi connectivity index (χ1n) is 5.71. The summed E-state index contributed by atoms with van der Waals surface area (Å²) in [5.41, 5.74) is -1.41. The minimum Gasteiger partial charge on any atom is -0.301 e. The fourth-order valence-corrected chi connectivity index (χ4v) is 1.71. The van der Waals surface area contributed by atoms with Crippen LogP contribution in [0.15, 0.2) is 41.3 Å². The Balaban J connectivity index is 2.33. The number of benzene rings is 1. The van der Waals surface area contributed by atoms with Crippen LogP contribution in [-0.4, -0.2) is 15.3 Å². The van der Waals surface area contributed by atoms with Gasteiger partial charge in [-0.25, -0.2) is 8.78 Å². The normalized spacial score (nSPS) is 10.4. The SMILES string of the molecule is O=C(Cn1cc([N+](=O)[O-])ccc1=O)c1ccc(F)cc1F. The van der Waals surface area contributed by atoms with Crippen molar-refractivity contribution in [2.75, 3.05) is 0 Å². The molecular weight excluding hydrogens is 286 g/mol. The number of hydrogen-bond acceptors (Lipinski definition) is 4. The number of carbonyl (C=O) groups excluding carboxylic acids is 1. The van der Waals surface area contributed by atoms with Gasteiger partial charge in [0.05, 0.1) is 23.2 Å². The monoisotopic (exact) mass is 294 g/mol. The van der Waals surface area contributed by atoms with Crippen LogP contribution in [0.2, 0.25) is 0 Å². The van der Waals surface area contributed by atoms with Crippen LogP contribution in [0.5, 0.6) is 0 Å². The van der Waals surface area contributed by atoms with Crippen molar-refractivity contribution >= 4 is 11.5 Å². The minimum absolute atomic E-state index is 0.373. The molecule has 0 aliphatic carbocycles. The number of carbonyl (C=O) groups is 1. The molecule has 108 valence electrons. The van der Waals surface area contributed by atoms with Crippen LogP contribution in [0.3, 0.4) is 0 Å². The second-order valence-corrected chi connectivity index (χ2v) is 4.16. The molecule has 6 nitrogen and oxygen atoms in total. The number of rotatable bonds is 4. The molecule has 0 unspecified atom stereocenters. The number of Topliss-reactive ketones (excluding diaryl/α,β-unsaturated/α-hetero) is 1. The number of aromatic nitrogens is 1. The molecule has 0 radical (unpaired) electrons. The van der Waals surface area contributed by atoms with Gasteiger partial charge in [0.1, 0.15) is 11.6 Å². The molecule has 0 atom stereocenters.